The van der Waals surface area contributed by atoms with E-state index in [1.807, 2.05) is 44.2 Å². The molecule has 1 aliphatic rings. The van der Waals surface area contributed by atoms with E-state index in [1.54, 1.807) is 11.8 Å². The number of unbranched alkanes of at least 4 members (excludes halogenated alkanes) is 2. The molecule has 1 aromatic carbocycles. The maximum absolute atomic E-state index is 12.5. The van der Waals surface area contributed by atoms with Crippen LogP contribution in [0.5, 0.6) is 0 Å². The molecule has 0 saturated carbocycles. The quantitative estimate of drug-likeness (QED) is 0.241. The normalized spacial score (nSPS) is 14.8. The minimum absolute atomic E-state index is 0.167. The van der Waals surface area contributed by atoms with Gasteiger partial charge in [0.05, 0.1) is 5.71 Å². The molecule has 0 unspecified atom stereocenters. The molecule has 2 aromatic rings. The van der Waals surface area contributed by atoms with E-state index in [1.165, 1.54) is 24.8 Å². The number of nitrogens with zero attached hydrogens (tertiary/aromatic N) is 3. The topological polar surface area (TPSA) is 67.2 Å². The molecule has 3 rings (SSSR count). The first kappa shape index (κ1) is 22.2. The molecule has 1 N–H and O–H groups in total. The highest BCUT2D eigenvalue weighted by Gasteiger charge is 2.14. The fourth-order valence-electron chi connectivity index (χ4n) is 3.44. The van der Waals surface area contributed by atoms with Crippen LogP contribution in [-0.2, 0) is 5.75 Å². The van der Waals surface area contributed by atoms with E-state index in [-0.39, 0.29) is 5.91 Å². The molecular formula is C24H30N4OS. The van der Waals surface area contributed by atoms with Gasteiger partial charge in [-0.1, -0.05) is 49.7 Å². The van der Waals surface area contributed by atoms with Crippen LogP contribution in [0.1, 0.15) is 72.8 Å². The molecule has 1 heterocycles. The lowest BCUT2D eigenvalue weighted by atomic mass is 10.1. The lowest BCUT2D eigenvalue weighted by molar-refractivity contribution is 0.0955. The third-order valence-corrected chi connectivity index (χ3v) is 5.95. The number of aromatic nitrogens is 2. The van der Waals surface area contributed by atoms with Gasteiger partial charge in [0.2, 0.25) is 0 Å². The number of amides is 1. The molecule has 6 heteroatoms. The fraction of sp³-hybridized carbons (Fsp3) is 0.417. The highest BCUT2D eigenvalue weighted by Crippen LogP contribution is 2.22. The second kappa shape index (κ2) is 11.1. The molecule has 0 saturated heterocycles. The van der Waals surface area contributed by atoms with Crippen LogP contribution < -0.4 is 5.43 Å². The van der Waals surface area contributed by atoms with Crippen LogP contribution in [0.4, 0.5) is 0 Å². The van der Waals surface area contributed by atoms with Crippen molar-refractivity contribution >= 4 is 23.4 Å². The summed E-state index contributed by atoms with van der Waals surface area (Å²) in [6.07, 6.45) is 8.87. The van der Waals surface area contributed by atoms with Crippen molar-refractivity contribution in [1.29, 1.82) is 0 Å². The number of nitrogens with one attached hydrogen (secondary N) is 1. The highest BCUT2D eigenvalue weighted by molar-refractivity contribution is 7.98. The van der Waals surface area contributed by atoms with Crippen LogP contribution in [0.3, 0.4) is 0 Å². The summed E-state index contributed by atoms with van der Waals surface area (Å²) in [6.45, 7) is 6.16. The van der Waals surface area contributed by atoms with Gasteiger partial charge in [0.15, 0.2) is 5.16 Å². The van der Waals surface area contributed by atoms with Gasteiger partial charge in [0, 0.05) is 22.7 Å². The standard InChI is InChI=1S/C24H30N4OS/c1-4-5-6-8-20-9-7-10-22(20)27-28-23(29)21-13-11-19(12-14-21)16-30-24-25-17(2)15-18(3)26-24/h9,11-15H,4-8,10,16H2,1-3H3,(H,28,29)/b27-22-. The maximum Gasteiger partial charge on any atom is 0.271 e. The van der Waals surface area contributed by atoms with E-state index in [2.05, 4.69) is 33.5 Å². The molecule has 5 nitrogen and oxygen atoms in total. The first-order valence-corrected chi connectivity index (χ1v) is 11.6. The number of rotatable bonds is 9. The van der Waals surface area contributed by atoms with Crippen molar-refractivity contribution in [3.63, 3.8) is 0 Å². The summed E-state index contributed by atoms with van der Waals surface area (Å²) in [6, 6.07) is 9.61. The molecule has 158 valence electrons. The van der Waals surface area contributed by atoms with E-state index in [0.29, 0.717) is 5.56 Å². The number of hydrogen-bond acceptors (Lipinski definition) is 5. The van der Waals surface area contributed by atoms with Crippen LogP contribution in [-0.4, -0.2) is 21.6 Å². The summed E-state index contributed by atoms with van der Waals surface area (Å²) in [5.74, 6) is 0.595. The van der Waals surface area contributed by atoms with Crippen molar-refractivity contribution in [2.75, 3.05) is 0 Å². The Morgan fingerprint density at radius 2 is 1.87 bits per heavy atom. The zero-order chi connectivity index (χ0) is 21.3. The number of allylic oxidation sites excluding steroid dienone is 2. The summed E-state index contributed by atoms with van der Waals surface area (Å²) in [5, 5.41) is 5.18. The number of thioether (sulfide) groups is 1. The van der Waals surface area contributed by atoms with Gasteiger partial charge in [0.1, 0.15) is 0 Å². The number of benzene rings is 1. The van der Waals surface area contributed by atoms with Gasteiger partial charge in [-0.25, -0.2) is 15.4 Å². The Morgan fingerprint density at radius 1 is 1.13 bits per heavy atom. The van der Waals surface area contributed by atoms with Crippen LogP contribution in [0.15, 0.2) is 52.2 Å². The zero-order valence-corrected chi connectivity index (χ0v) is 18.9. The first-order valence-electron chi connectivity index (χ1n) is 10.7. The van der Waals surface area contributed by atoms with Gasteiger partial charge < -0.3 is 0 Å². The summed E-state index contributed by atoms with van der Waals surface area (Å²) in [5.41, 5.74) is 8.75. The average Bonchev–Trinajstić information content (AvgIpc) is 3.18. The molecule has 0 radical (unpaired) electrons. The molecule has 0 fully saturated rings. The Balaban J connectivity index is 1.53. The largest absolute Gasteiger partial charge is 0.271 e. The molecule has 30 heavy (non-hydrogen) atoms. The van der Waals surface area contributed by atoms with E-state index < -0.39 is 0 Å². The van der Waals surface area contributed by atoms with E-state index in [4.69, 9.17) is 0 Å². The van der Waals surface area contributed by atoms with Crippen molar-refractivity contribution in [3.05, 3.63) is 64.5 Å². The van der Waals surface area contributed by atoms with E-state index >= 15 is 0 Å². The van der Waals surface area contributed by atoms with Crippen molar-refractivity contribution in [1.82, 2.24) is 15.4 Å². The lowest BCUT2D eigenvalue weighted by Crippen LogP contribution is -2.19. The molecule has 0 aliphatic heterocycles. The number of carbonyl (C=O) groups is 1. The minimum atomic E-state index is -0.167. The Bertz CT molecular complexity index is 914. The minimum Gasteiger partial charge on any atom is -0.267 e. The molecule has 1 aliphatic carbocycles. The monoisotopic (exact) mass is 422 g/mol. The number of hydrogen-bond donors (Lipinski definition) is 1. The molecule has 0 atom stereocenters. The van der Waals surface area contributed by atoms with E-state index in [9.17, 15) is 4.79 Å². The third kappa shape index (κ3) is 6.52. The highest BCUT2D eigenvalue weighted by atomic mass is 32.2. The smallest absolute Gasteiger partial charge is 0.267 e. The molecular weight excluding hydrogens is 392 g/mol. The Labute approximate surface area is 183 Å². The number of carbonyl (C=O) groups excluding carboxylic acids is 1. The summed E-state index contributed by atoms with van der Waals surface area (Å²) in [4.78, 5) is 21.4. The summed E-state index contributed by atoms with van der Waals surface area (Å²) < 4.78 is 0. The van der Waals surface area contributed by atoms with Crippen LogP contribution in [0.25, 0.3) is 0 Å². The van der Waals surface area contributed by atoms with Crippen LogP contribution in [0.2, 0.25) is 0 Å². The number of aryl methyl sites for hydroxylation is 2. The third-order valence-electron chi connectivity index (χ3n) is 5.03. The Kier molecular flexibility index (Phi) is 8.20. The van der Waals surface area contributed by atoms with Crippen LogP contribution >= 0.6 is 11.8 Å². The maximum atomic E-state index is 12.5. The van der Waals surface area contributed by atoms with Crippen molar-refractivity contribution in [3.8, 4) is 0 Å². The summed E-state index contributed by atoms with van der Waals surface area (Å²) in [7, 11) is 0. The van der Waals surface area contributed by atoms with Gasteiger partial charge in [0.25, 0.3) is 5.91 Å². The zero-order valence-electron chi connectivity index (χ0n) is 18.1. The van der Waals surface area contributed by atoms with E-state index in [0.717, 1.165) is 52.8 Å². The second-order valence-corrected chi connectivity index (χ2v) is 8.59. The molecule has 0 bridgehead atoms. The first-order chi connectivity index (χ1) is 14.5. The van der Waals surface area contributed by atoms with Gasteiger partial charge in [-0.2, -0.15) is 5.10 Å². The van der Waals surface area contributed by atoms with Crippen molar-refractivity contribution in [2.24, 2.45) is 5.10 Å². The Hall–Kier alpha value is -2.47. The average molecular weight is 423 g/mol. The SMILES string of the molecule is CCCCCC1=CCC/C1=N/NC(=O)c1ccc(CSc2nc(C)cc(C)n2)cc1. The molecule has 1 aromatic heterocycles. The van der Waals surface area contributed by atoms with Crippen LogP contribution in [0, 0.1) is 13.8 Å². The summed E-state index contributed by atoms with van der Waals surface area (Å²) >= 11 is 1.60. The van der Waals surface area contributed by atoms with Gasteiger partial charge >= 0.3 is 0 Å². The number of hydrazone groups is 1. The fourth-order valence-corrected chi connectivity index (χ4v) is 4.35. The molecule has 1 amide bonds. The second-order valence-electron chi connectivity index (χ2n) is 7.64. The van der Waals surface area contributed by atoms with Crippen molar-refractivity contribution < 1.29 is 4.79 Å². The Morgan fingerprint density at radius 3 is 2.57 bits per heavy atom. The molecule has 0 spiro atoms. The van der Waals surface area contributed by atoms with Gasteiger partial charge in [-0.05, 0) is 68.9 Å². The van der Waals surface area contributed by atoms with Gasteiger partial charge in [-0.3, -0.25) is 4.79 Å². The lowest BCUT2D eigenvalue weighted by Gasteiger charge is -2.07. The predicted octanol–water partition coefficient (Wildman–Crippen LogP) is 5.77. The van der Waals surface area contributed by atoms with Gasteiger partial charge in [-0.15, -0.1) is 0 Å². The predicted molar refractivity (Wildman–Crippen MR) is 124 cm³/mol. The van der Waals surface area contributed by atoms with Crippen molar-refractivity contribution in [2.45, 2.75) is 70.2 Å².